The molecule has 0 saturated carbocycles. The van der Waals surface area contributed by atoms with Gasteiger partial charge in [0, 0.05) is 16.7 Å². The van der Waals surface area contributed by atoms with Crippen LogP contribution in [0.4, 0.5) is 0 Å². The Labute approximate surface area is 113 Å². The van der Waals surface area contributed by atoms with E-state index in [2.05, 4.69) is 0 Å². The molecular weight excluding hydrogens is 279 g/mol. The van der Waals surface area contributed by atoms with E-state index < -0.39 is 18.2 Å². The van der Waals surface area contributed by atoms with Crippen LogP contribution in [0.5, 0.6) is 0 Å². The van der Waals surface area contributed by atoms with E-state index in [1.54, 1.807) is 6.92 Å². The zero-order valence-corrected chi connectivity index (χ0v) is 10.8. The van der Waals surface area contributed by atoms with Crippen LogP contribution in [0.15, 0.2) is 29.8 Å². The summed E-state index contributed by atoms with van der Waals surface area (Å²) in [6.45, 7) is 1.57. The molecule has 0 bridgehead atoms. The Bertz CT molecular complexity index is 551. The van der Waals surface area contributed by atoms with Gasteiger partial charge in [-0.15, -0.1) is 0 Å². The minimum atomic E-state index is -1.00. The average molecular weight is 287 g/mol. The van der Waals surface area contributed by atoms with Crippen molar-refractivity contribution in [1.82, 2.24) is 0 Å². The van der Waals surface area contributed by atoms with E-state index in [1.165, 1.54) is 24.3 Å². The topological polar surface area (TPSA) is 52.6 Å². The highest BCUT2D eigenvalue weighted by Crippen LogP contribution is 2.23. The van der Waals surface area contributed by atoms with Crippen molar-refractivity contribution < 1.29 is 19.1 Å². The van der Waals surface area contributed by atoms with Gasteiger partial charge in [0.15, 0.2) is 0 Å². The Hall–Kier alpha value is -1.52. The van der Waals surface area contributed by atoms with Gasteiger partial charge in [0.25, 0.3) is 6.29 Å². The number of hydrogen-bond donors (Lipinski definition) is 0. The van der Waals surface area contributed by atoms with Crippen LogP contribution < -0.4 is 0 Å². The highest BCUT2D eigenvalue weighted by atomic mass is 35.5. The van der Waals surface area contributed by atoms with Crippen molar-refractivity contribution in [2.45, 2.75) is 13.2 Å². The predicted molar refractivity (Wildman–Crippen MR) is 65.5 cm³/mol. The molecule has 1 aliphatic rings. The minimum absolute atomic E-state index is 0.162. The minimum Gasteiger partial charge on any atom is -0.418 e. The smallest absolute Gasteiger partial charge is 0.342 e. The number of cyclic esters (lactones) is 1. The molecule has 6 heteroatoms. The Morgan fingerprint density at radius 1 is 1.39 bits per heavy atom. The Kier molecular flexibility index (Phi) is 3.59. The van der Waals surface area contributed by atoms with E-state index in [-0.39, 0.29) is 10.6 Å². The first-order valence-corrected chi connectivity index (χ1v) is 5.78. The number of esters is 2. The van der Waals surface area contributed by atoms with Crippen LogP contribution in [0.3, 0.4) is 0 Å². The molecule has 1 aromatic rings. The van der Waals surface area contributed by atoms with Gasteiger partial charge in [-0.25, -0.2) is 9.59 Å². The summed E-state index contributed by atoms with van der Waals surface area (Å²) >= 11 is 11.6. The molecule has 0 aliphatic carbocycles. The summed E-state index contributed by atoms with van der Waals surface area (Å²) in [6, 6.07) is 4.40. The first kappa shape index (κ1) is 12.9. The van der Waals surface area contributed by atoms with Crippen LogP contribution in [-0.4, -0.2) is 18.2 Å². The lowest BCUT2D eigenvalue weighted by Crippen LogP contribution is -2.18. The molecule has 1 atom stereocenters. The van der Waals surface area contributed by atoms with Gasteiger partial charge in [-0.1, -0.05) is 23.2 Å². The van der Waals surface area contributed by atoms with E-state index in [0.717, 1.165) is 0 Å². The zero-order valence-electron chi connectivity index (χ0n) is 9.28. The van der Waals surface area contributed by atoms with Crippen LogP contribution in [0, 0.1) is 0 Å². The van der Waals surface area contributed by atoms with E-state index in [1.807, 2.05) is 0 Å². The Morgan fingerprint density at radius 3 is 2.67 bits per heavy atom. The standard InChI is InChI=1S/C12H8Cl2O4/c1-6-4-10(17-11(6)15)18-12(16)8-3-2-7(13)5-9(8)14/h2-5,10H,1H3/t10-/m0/s1. The highest BCUT2D eigenvalue weighted by molar-refractivity contribution is 6.36. The lowest BCUT2D eigenvalue weighted by molar-refractivity contribution is -0.151. The first-order chi connectivity index (χ1) is 8.47. The number of carbonyl (C=O) groups is 2. The van der Waals surface area contributed by atoms with Gasteiger partial charge in [0.05, 0.1) is 10.6 Å². The molecule has 18 heavy (non-hydrogen) atoms. The average Bonchev–Trinajstić information content (AvgIpc) is 2.57. The molecule has 0 amide bonds. The van der Waals surface area contributed by atoms with Crippen LogP contribution in [0.2, 0.25) is 10.0 Å². The fourth-order valence-corrected chi connectivity index (χ4v) is 1.87. The number of halogens is 2. The molecule has 1 heterocycles. The third-order valence-electron chi connectivity index (χ3n) is 2.31. The molecule has 0 N–H and O–H groups in total. The highest BCUT2D eigenvalue weighted by Gasteiger charge is 2.26. The second-order valence-corrected chi connectivity index (χ2v) is 4.50. The normalized spacial score (nSPS) is 18.3. The zero-order chi connectivity index (χ0) is 13.3. The molecule has 0 radical (unpaired) electrons. The maximum atomic E-state index is 11.8. The summed E-state index contributed by atoms with van der Waals surface area (Å²) in [5, 5.41) is 0.595. The predicted octanol–water partition coefficient (Wildman–Crippen LogP) is 2.98. The monoisotopic (exact) mass is 286 g/mol. The van der Waals surface area contributed by atoms with Crippen molar-refractivity contribution in [3.63, 3.8) is 0 Å². The van der Waals surface area contributed by atoms with Gasteiger partial charge in [0.1, 0.15) is 0 Å². The molecule has 2 rings (SSSR count). The summed E-state index contributed by atoms with van der Waals surface area (Å²) < 4.78 is 9.76. The van der Waals surface area contributed by atoms with E-state index in [0.29, 0.717) is 10.6 Å². The molecule has 94 valence electrons. The molecule has 4 nitrogen and oxygen atoms in total. The van der Waals surface area contributed by atoms with Crippen LogP contribution >= 0.6 is 23.2 Å². The van der Waals surface area contributed by atoms with Gasteiger partial charge < -0.3 is 9.47 Å². The van der Waals surface area contributed by atoms with E-state index in [4.69, 9.17) is 32.7 Å². The molecule has 1 aliphatic heterocycles. The summed E-state index contributed by atoms with van der Waals surface area (Å²) in [4.78, 5) is 22.9. The number of rotatable bonds is 2. The lowest BCUT2D eigenvalue weighted by atomic mass is 10.2. The summed E-state index contributed by atoms with van der Waals surface area (Å²) in [7, 11) is 0. The van der Waals surface area contributed by atoms with Crippen molar-refractivity contribution in [1.29, 1.82) is 0 Å². The van der Waals surface area contributed by atoms with E-state index >= 15 is 0 Å². The van der Waals surface area contributed by atoms with Gasteiger partial charge in [-0.3, -0.25) is 0 Å². The van der Waals surface area contributed by atoms with Gasteiger partial charge in [0.2, 0.25) is 0 Å². The van der Waals surface area contributed by atoms with Crippen molar-refractivity contribution >= 4 is 35.1 Å². The van der Waals surface area contributed by atoms with Crippen LogP contribution in [0.1, 0.15) is 17.3 Å². The largest absolute Gasteiger partial charge is 0.418 e. The third kappa shape index (κ3) is 2.66. The maximum absolute atomic E-state index is 11.8. The third-order valence-corrected chi connectivity index (χ3v) is 2.85. The molecular formula is C12H8Cl2O4. The van der Waals surface area contributed by atoms with Crippen LogP contribution in [-0.2, 0) is 14.3 Å². The van der Waals surface area contributed by atoms with Crippen molar-refractivity contribution in [2.24, 2.45) is 0 Å². The Balaban J connectivity index is 2.11. The molecule has 0 spiro atoms. The lowest BCUT2D eigenvalue weighted by Gasteiger charge is -2.10. The van der Waals surface area contributed by atoms with Crippen molar-refractivity contribution in [3.8, 4) is 0 Å². The van der Waals surface area contributed by atoms with Gasteiger partial charge in [-0.2, -0.15) is 0 Å². The van der Waals surface area contributed by atoms with Crippen LogP contribution in [0.25, 0.3) is 0 Å². The molecule has 1 aromatic carbocycles. The second-order valence-electron chi connectivity index (χ2n) is 3.65. The number of ether oxygens (including phenoxy) is 2. The molecule has 0 fully saturated rings. The summed E-state index contributed by atoms with van der Waals surface area (Å²) in [6.07, 6.45) is 0.418. The second kappa shape index (κ2) is 5.00. The first-order valence-electron chi connectivity index (χ1n) is 5.03. The molecule has 0 aromatic heterocycles. The van der Waals surface area contributed by atoms with Gasteiger partial charge in [-0.05, 0) is 25.1 Å². The van der Waals surface area contributed by atoms with Gasteiger partial charge >= 0.3 is 11.9 Å². The number of carbonyl (C=O) groups excluding carboxylic acids is 2. The number of benzene rings is 1. The van der Waals surface area contributed by atoms with Crippen molar-refractivity contribution in [3.05, 3.63) is 45.5 Å². The quantitative estimate of drug-likeness (QED) is 0.785. The SMILES string of the molecule is CC1=C[C@H](OC(=O)c2ccc(Cl)cc2Cl)OC1=O. The van der Waals surface area contributed by atoms with Crippen molar-refractivity contribution in [2.75, 3.05) is 0 Å². The van der Waals surface area contributed by atoms with E-state index in [9.17, 15) is 9.59 Å². The fourth-order valence-electron chi connectivity index (χ4n) is 1.39. The molecule has 0 unspecified atom stereocenters. The number of hydrogen-bond acceptors (Lipinski definition) is 4. The maximum Gasteiger partial charge on any atom is 0.342 e. The summed E-state index contributed by atoms with van der Waals surface area (Å²) in [5.74, 6) is -1.18. The summed E-state index contributed by atoms with van der Waals surface area (Å²) in [5.41, 5.74) is 0.560. The Morgan fingerprint density at radius 2 is 2.11 bits per heavy atom. The fraction of sp³-hybridized carbons (Fsp3) is 0.167. The molecule has 0 saturated heterocycles.